The first-order valence-corrected chi connectivity index (χ1v) is 4.66. The molecule has 0 saturated heterocycles. The van der Waals surface area contributed by atoms with E-state index in [1.807, 2.05) is 20.0 Å². The summed E-state index contributed by atoms with van der Waals surface area (Å²) < 4.78 is 0. The number of aryl methyl sites for hydroxylation is 1. The third-order valence-electron chi connectivity index (χ3n) is 2.17. The number of aromatic nitrogens is 2. The fourth-order valence-electron chi connectivity index (χ4n) is 1.49. The number of rotatable bonds is 0. The summed E-state index contributed by atoms with van der Waals surface area (Å²) in [4.78, 5) is 8.19. The van der Waals surface area contributed by atoms with Crippen LogP contribution in [0, 0.1) is 0 Å². The van der Waals surface area contributed by atoms with Crippen LogP contribution < -0.4 is 0 Å². The van der Waals surface area contributed by atoms with Gasteiger partial charge in [-0.1, -0.05) is 20.8 Å². The van der Waals surface area contributed by atoms with Crippen LogP contribution in [0.3, 0.4) is 0 Å². The Morgan fingerprint density at radius 3 is 2.83 bits per heavy atom. The van der Waals surface area contributed by atoms with Gasteiger partial charge in [0.15, 0.2) is 0 Å². The molecule has 2 heteroatoms. The van der Waals surface area contributed by atoms with Gasteiger partial charge >= 0.3 is 0 Å². The van der Waals surface area contributed by atoms with Gasteiger partial charge in [-0.05, 0) is 24.3 Å². The van der Waals surface area contributed by atoms with Crippen molar-refractivity contribution >= 4 is 0 Å². The summed E-state index contributed by atoms with van der Waals surface area (Å²) in [6, 6.07) is 0. The van der Waals surface area contributed by atoms with Crippen molar-refractivity contribution in [2.45, 2.75) is 39.5 Å². The molecule has 1 aromatic heterocycles. The molecule has 2 nitrogen and oxygen atoms in total. The van der Waals surface area contributed by atoms with Crippen LogP contribution in [0.2, 0.25) is 0 Å². The van der Waals surface area contributed by atoms with Gasteiger partial charge in [0, 0.05) is 11.9 Å². The molecule has 0 fully saturated rings. The van der Waals surface area contributed by atoms with Crippen LogP contribution in [0.15, 0.2) is 12.5 Å². The number of fused-ring (bicyclic) bond motifs is 1. The number of hydrogen-bond donors (Lipinski definition) is 0. The quantitative estimate of drug-likeness (QED) is 0.589. The largest absolute Gasteiger partial charge is 0.245 e. The molecule has 1 aliphatic carbocycles. The highest BCUT2D eigenvalue weighted by Gasteiger charge is 2.18. The van der Waals surface area contributed by atoms with Gasteiger partial charge in [0.05, 0.1) is 0 Å². The molecular weight excluding hydrogens is 148 g/mol. The molecule has 0 amide bonds. The predicted octanol–water partition coefficient (Wildman–Crippen LogP) is 2.55. The maximum absolute atomic E-state index is 4.20. The first-order chi connectivity index (χ1) is 5.88. The van der Waals surface area contributed by atoms with Crippen molar-refractivity contribution in [3.63, 3.8) is 0 Å². The predicted molar refractivity (Wildman–Crippen MR) is 50.1 cm³/mol. The summed E-state index contributed by atoms with van der Waals surface area (Å²) >= 11 is 0. The van der Waals surface area contributed by atoms with Crippen LogP contribution in [0.5, 0.6) is 0 Å². The van der Waals surface area contributed by atoms with Crippen LogP contribution in [0.1, 0.15) is 44.4 Å². The summed E-state index contributed by atoms with van der Waals surface area (Å²) in [5.41, 5.74) is 2.60. The van der Waals surface area contributed by atoms with E-state index >= 15 is 0 Å². The molecule has 1 aromatic rings. The second-order valence-electron chi connectivity index (χ2n) is 2.86. The van der Waals surface area contributed by atoms with Crippen LogP contribution in [0.4, 0.5) is 0 Å². The van der Waals surface area contributed by atoms with E-state index in [9.17, 15) is 0 Å². The molecule has 1 heterocycles. The average Bonchev–Trinajstić information content (AvgIpc) is 2.53. The second-order valence-corrected chi connectivity index (χ2v) is 2.86. The van der Waals surface area contributed by atoms with E-state index in [-0.39, 0.29) is 0 Å². The van der Waals surface area contributed by atoms with Crippen LogP contribution in [-0.4, -0.2) is 9.97 Å². The topological polar surface area (TPSA) is 25.8 Å². The van der Waals surface area contributed by atoms with Crippen molar-refractivity contribution in [3.05, 3.63) is 23.8 Å². The van der Waals surface area contributed by atoms with E-state index in [0.29, 0.717) is 5.92 Å². The van der Waals surface area contributed by atoms with Gasteiger partial charge < -0.3 is 0 Å². The van der Waals surface area contributed by atoms with Gasteiger partial charge in [0.25, 0.3) is 0 Å². The van der Waals surface area contributed by atoms with Crippen molar-refractivity contribution in [3.8, 4) is 0 Å². The fraction of sp³-hybridized carbons (Fsp3) is 0.600. The molecule has 0 spiro atoms. The Kier molecular flexibility index (Phi) is 3.20. The molecule has 0 saturated carbocycles. The number of nitrogens with zero attached hydrogens (tertiary/aromatic N) is 2. The van der Waals surface area contributed by atoms with Crippen LogP contribution in [0.25, 0.3) is 0 Å². The lowest BCUT2D eigenvalue weighted by Gasteiger charge is -1.99. The minimum atomic E-state index is 0.677. The molecule has 1 aliphatic rings. The highest BCUT2D eigenvalue weighted by molar-refractivity contribution is 5.25. The molecule has 1 atom stereocenters. The standard InChI is InChI=1S/C8H10N2.C2H6/c1-6-2-3-8-7(6)4-9-5-10-8;1-2/h4-6H,2-3H2,1H3;1-2H3. The van der Waals surface area contributed by atoms with E-state index in [4.69, 9.17) is 0 Å². The average molecular weight is 164 g/mol. The Balaban J connectivity index is 0.000000336. The Labute approximate surface area is 74.1 Å². The van der Waals surface area contributed by atoms with Gasteiger partial charge in [0.1, 0.15) is 6.33 Å². The monoisotopic (exact) mass is 164 g/mol. The molecule has 0 aromatic carbocycles. The van der Waals surface area contributed by atoms with Crippen molar-refractivity contribution < 1.29 is 0 Å². The molecule has 2 rings (SSSR count). The zero-order chi connectivity index (χ0) is 8.97. The van der Waals surface area contributed by atoms with Crippen LogP contribution >= 0.6 is 0 Å². The lowest BCUT2D eigenvalue weighted by molar-refractivity contribution is 0.745. The lowest BCUT2D eigenvalue weighted by Crippen LogP contribution is -1.89. The first kappa shape index (κ1) is 9.17. The SMILES string of the molecule is CC.CC1CCc2ncncc21. The van der Waals surface area contributed by atoms with E-state index in [0.717, 1.165) is 6.42 Å². The summed E-state index contributed by atoms with van der Waals surface area (Å²) in [5.74, 6) is 0.677. The minimum absolute atomic E-state index is 0.677. The Morgan fingerprint density at radius 2 is 2.17 bits per heavy atom. The maximum Gasteiger partial charge on any atom is 0.115 e. The highest BCUT2D eigenvalue weighted by atomic mass is 14.8. The van der Waals surface area contributed by atoms with E-state index in [2.05, 4.69) is 16.9 Å². The van der Waals surface area contributed by atoms with Crippen molar-refractivity contribution in [1.82, 2.24) is 9.97 Å². The van der Waals surface area contributed by atoms with Gasteiger partial charge in [-0.3, -0.25) is 0 Å². The number of hydrogen-bond acceptors (Lipinski definition) is 2. The van der Waals surface area contributed by atoms with Crippen molar-refractivity contribution in [2.75, 3.05) is 0 Å². The summed E-state index contributed by atoms with van der Waals surface area (Å²) in [6.45, 7) is 6.23. The van der Waals surface area contributed by atoms with Gasteiger partial charge in [-0.25, -0.2) is 9.97 Å². The van der Waals surface area contributed by atoms with Crippen LogP contribution in [-0.2, 0) is 6.42 Å². The second kappa shape index (κ2) is 4.19. The molecule has 1 unspecified atom stereocenters. The van der Waals surface area contributed by atoms with E-state index in [1.165, 1.54) is 17.7 Å². The first-order valence-electron chi connectivity index (χ1n) is 4.66. The van der Waals surface area contributed by atoms with Gasteiger partial charge in [0.2, 0.25) is 0 Å². The highest BCUT2D eigenvalue weighted by Crippen LogP contribution is 2.29. The van der Waals surface area contributed by atoms with Crippen molar-refractivity contribution in [2.24, 2.45) is 0 Å². The zero-order valence-corrected chi connectivity index (χ0v) is 8.04. The molecule has 0 bridgehead atoms. The third kappa shape index (κ3) is 1.63. The smallest absolute Gasteiger partial charge is 0.115 e. The third-order valence-corrected chi connectivity index (χ3v) is 2.17. The normalized spacial score (nSPS) is 19.4. The maximum atomic E-state index is 4.20. The molecule has 0 radical (unpaired) electrons. The van der Waals surface area contributed by atoms with E-state index < -0.39 is 0 Å². The summed E-state index contributed by atoms with van der Waals surface area (Å²) in [7, 11) is 0. The molecule has 0 aliphatic heterocycles. The zero-order valence-electron chi connectivity index (χ0n) is 8.04. The Bertz CT molecular complexity index is 245. The molecule has 0 N–H and O–H groups in total. The Hall–Kier alpha value is -0.920. The minimum Gasteiger partial charge on any atom is -0.245 e. The molecular formula is C10H16N2. The van der Waals surface area contributed by atoms with Gasteiger partial charge in [-0.15, -0.1) is 0 Å². The summed E-state index contributed by atoms with van der Waals surface area (Å²) in [5, 5.41) is 0. The van der Waals surface area contributed by atoms with E-state index in [1.54, 1.807) is 6.33 Å². The molecule has 66 valence electrons. The Morgan fingerprint density at radius 1 is 1.42 bits per heavy atom. The summed E-state index contributed by atoms with van der Waals surface area (Å²) in [6.07, 6.45) is 5.96. The fourth-order valence-corrected chi connectivity index (χ4v) is 1.49. The van der Waals surface area contributed by atoms with Crippen molar-refractivity contribution in [1.29, 1.82) is 0 Å². The van der Waals surface area contributed by atoms with Gasteiger partial charge in [-0.2, -0.15) is 0 Å². The lowest BCUT2D eigenvalue weighted by atomic mass is 10.1. The molecule has 12 heavy (non-hydrogen) atoms.